The van der Waals surface area contributed by atoms with Gasteiger partial charge in [0.25, 0.3) is 5.56 Å². The van der Waals surface area contributed by atoms with Gasteiger partial charge < -0.3 is 10.3 Å². The van der Waals surface area contributed by atoms with E-state index < -0.39 is 0 Å². The molecule has 2 rings (SSSR count). The van der Waals surface area contributed by atoms with Crippen molar-refractivity contribution in [2.24, 2.45) is 0 Å². The molecule has 0 aliphatic rings. The van der Waals surface area contributed by atoms with Crippen molar-refractivity contribution in [2.75, 3.05) is 6.54 Å². The molecule has 0 saturated carbocycles. The lowest BCUT2D eigenvalue weighted by molar-refractivity contribution is 0.700. The van der Waals surface area contributed by atoms with Crippen molar-refractivity contribution in [3.8, 4) is 0 Å². The van der Waals surface area contributed by atoms with Crippen molar-refractivity contribution < 1.29 is 0 Å². The molecule has 2 N–H and O–H groups in total. The number of aromatic amines is 1. The zero-order chi connectivity index (χ0) is 14.5. The lowest BCUT2D eigenvalue weighted by Crippen LogP contribution is -2.18. The predicted molar refractivity (Wildman–Crippen MR) is 81.5 cm³/mol. The van der Waals surface area contributed by atoms with Crippen LogP contribution >= 0.6 is 23.2 Å². The third-order valence-electron chi connectivity index (χ3n) is 2.76. The van der Waals surface area contributed by atoms with Crippen molar-refractivity contribution in [3.63, 3.8) is 0 Å². The molecule has 2 aromatic rings. The zero-order valence-electron chi connectivity index (χ0n) is 11.0. The minimum Gasteiger partial charge on any atom is -0.311 e. The standard InChI is InChI=1S/C14H15Cl2N3O/c1-2-17-8-10-7-14(20)19-13(18-10)6-9-3-4-11(15)12(16)5-9/h3-5,7,17H,2,6,8H2,1H3,(H,18,19,20). The number of H-pyrrole nitrogens is 1. The van der Waals surface area contributed by atoms with Gasteiger partial charge >= 0.3 is 0 Å². The van der Waals surface area contributed by atoms with E-state index in [1.807, 2.05) is 13.0 Å². The summed E-state index contributed by atoms with van der Waals surface area (Å²) in [5, 5.41) is 4.15. The fourth-order valence-electron chi connectivity index (χ4n) is 1.83. The number of benzene rings is 1. The highest BCUT2D eigenvalue weighted by Gasteiger charge is 2.05. The Kier molecular flexibility index (Phi) is 5.17. The molecular formula is C14H15Cl2N3O. The first kappa shape index (κ1) is 15.0. The second-order valence-corrected chi connectivity index (χ2v) is 5.20. The molecule has 0 unspecified atom stereocenters. The topological polar surface area (TPSA) is 57.8 Å². The molecule has 0 spiro atoms. The van der Waals surface area contributed by atoms with Crippen LogP contribution in [0.3, 0.4) is 0 Å². The molecule has 20 heavy (non-hydrogen) atoms. The van der Waals surface area contributed by atoms with Crippen molar-refractivity contribution in [1.82, 2.24) is 15.3 Å². The number of hydrogen-bond acceptors (Lipinski definition) is 3. The molecule has 1 aromatic carbocycles. The maximum Gasteiger partial charge on any atom is 0.251 e. The number of nitrogens with zero attached hydrogens (tertiary/aromatic N) is 1. The van der Waals surface area contributed by atoms with Gasteiger partial charge in [0.1, 0.15) is 5.82 Å². The van der Waals surface area contributed by atoms with Crippen molar-refractivity contribution in [1.29, 1.82) is 0 Å². The lowest BCUT2D eigenvalue weighted by atomic mass is 10.1. The lowest BCUT2D eigenvalue weighted by Gasteiger charge is -2.06. The van der Waals surface area contributed by atoms with Gasteiger partial charge in [0, 0.05) is 19.0 Å². The van der Waals surface area contributed by atoms with Crippen LogP contribution in [0.5, 0.6) is 0 Å². The molecule has 6 heteroatoms. The van der Waals surface area contributed by atoms with E-state index in [2.05, 4.69) is 15.3 Å². The summed E-state index contributed by atoms with van der Waals surface area (Å²) in [6.07, 6.45) is 0.506. The van der Waals surface area contributed by atoms with Gasteiger partial charge in [-0.1, -0.05) is 36.2 Å². The van der Waals surface area contributed by atoms with E-state index in [1.54, 1.807) is 12.1 Å². The smallest absolute Gasteiger partial charge is 0.251 e. The van der Waals surface area contributed by atoms with Crippen LogP contribution in [-0.4, -0.2) is 16.5 Å². The molecule has 0 radical (unpaired) electrons. The molecular weight excluding hydrogens is 297 g/mol. The molecule has 1 heterocycles. The van der Waals surface area contributed by atoms with E-state index in [-0.39, 0.29) is 5.56 Å². The Bertz CT molecular complexity index is 655. The molecule has 0 amide bonds. The molecule has 0 aliphatic heterocycles. The molecule has 1 aromatic heterocycles. The average Bonchev–Trinajstić information content (AvgIpc) is 2.40. The fourth-order valence-corrected chi connectivity index (χ4v) is 2.15. The molecule has 0 bridgehead atoms. The van der Waals surface area contributed by atoms with E-state index in [4.69, 9.17) is 23.2 Å². The maximum atomic E-state index is 11.6. The number of halogens is 2. The van der Waals surface area contributed by atoms with Gasteiger partial charge in [-0.2, -0.15) is 0 Å². The number of nitrogens with one attached hydrogen (secondary N) is 2. The van der Waals surface area contributed by atoms with Crippen LogP contribution in [-0.2, 0) is 13.0 Å². The Morgan fingerprint density at radius 1 is 1.25 bits per heavy atom. The second kappa shape index (κ2) is 6.88. The summed E-state index contributed by atoms with van der Waals surface area (Å²) in [5.74, 6) is 0.615. The third kappa shape index (κ3) is 4.07. The van der Waals surface area contributed by atoms with Gasteiger partial charge in [-0.05, 0) is 24.2 Å². The van der Waals surface area contributed by atoms with Crippen LogP contribution in [0.1, 0.15) is 24.0 Å². The minimum atomic E-state index is -0.150. The van der Waals surface area contributed by atoms with E-state index in [0.717, 1.165) is 17.8 Å². The van der Waals surface area contributed by atoms with Crippen molar-refractivity contribution >= 4 is 23.2 Å². The van der Waals surface area contributed by atoms with Crippen LogP contribution in [0.4, 0.5) is 0 Å². The Labute approximate surface area is 127 Å². The van der Waals surface area contributed by atoms with Crippen LogP contribution in [0, 0.1) is 0 Å². The summed E-state index contributed by atoms with van der Waals surface area (Å²) >= 11 is 11.9. The molecule has 106 valence electrons. The van der Waals surface area contributed by atoms with Crippen molar-refractivity contribution in [2.45, 2.75) is 19.9 Å². The molecule has 0 atom stereocenters. The largest absolute Gasteiger partial charge is 0.311 e. The quantitative estimate of drug-likeness (QED) is 0.892. The Balaban J connectivity index is 2.21. The minimum absolute atomic E-state index is 0.150. The van der Waals surface area contributed by atoms with Gasteiger partial charge in [-0.15, -0.1) is 0 Å². The Morgan fingerprint density at radius 3 is 2.75 bits per heavy atom. The van der Waals surface area contributed by atoms with E-state index >= 15 is 0 Å². The van der Waals surface area contributed by atoms with Gasteiger partial charge in [-0.3, -0.25) is 4.79 Å². The Hall–Kier alpha value is -1.36. The average molecular weight is 312 g/mol. The van der Waals surface area contributed by atoms with E-state index in [0.29, 0.717) is 28.8 Å². The molecule has 0 saturated heterocycles. The van der Waals surface area contributed by atoms with Gasteiger partial charge in [-0.25, -0.2) is 4.98 Å². The summed E-state index contributed by atoms with van der Waals surface area (Å²) in [5.41, 5.74) is 1.52. The SMILES string of the molecule is CCNCc1cc(=O)[nH]c(Cc2ccc(Cl)c(Cl)c2)n1. The molecule has 0 aliphatic carbocycles. The van der Waals surface area contributed by atoms with Crippen LogP contribution in [0.15, 0.2) is 29.1 Å². The highest BCUT2D eigenvalue weighted by Crippen LogP contribution is 2.23. The summed E-state index contributed by atoms with van der Waals surface area (Å²) in [7, 11) is 0. The first-order valence-corrected chi connectivity index (χ1v) is 7.08. The number of hydrogen-bond donors (Lipinski definition) is 2. The summed E-state index contributed by atoms with van der Waals surface area (Å²) in [6.45, 7) is 3.41. The summed E-state index contributed by atoms with van der Waals surface area (Å²) < 4.78 is 0. The highest BCUT2D eigenvalue weighted by molar-refractivity contribution is 6.42. The fraction of sp³-hybridized carbons (Fsp3) is 0.286. The first-order valence-electron chi connectivity index (χ1n) is 6.32. The second-order valence-electron chi connectivity index (χ2n) is 4.39. The maximum absolute atomic E-state index is 11.6. The monoisotopic (exact) mass is 311 g/mol. The van der Waals surface area contributed by atoms with Crippen LogP contribution < -0.4 is 10.9 Å². The Morgan fingerprint density at radius 2 is 2.05 bits per heavy atom. The number of aromatic nitrogens is 2. The predicted octanol–water partition coefficient (Wildman–Crippen LogP) is 2.78. The summed E-state index contributed by atoms with van der Waals surface area (Å²) in [4.78, 5) is 18.8. The third-order valence-corrected chi connectivity index (χ3v) is 3.49. The first-order chi connectivity index (χ1) is 9.58. The highest BCUT2D eigenvalue weighted by atomic mass is 35.5. The molecule has 0 fully saturated rings. The normalized spacial score (nSPS) is 10.8. The summed E-state index contributed by atoms with van der Waals surface area (Å²) in [6, 6.07) is 6.88. The van der Waals surface area contributed by atoms with Gasteiger partial charge in [0.05, 0.1) is 15.7 Å². The zero-order valence-corrected chi connectivity index (χ0v) is 12.6. The number of rotatable bonds is 5. The van der Waals surface area contributed by atoms with E-state index in [1.165, 1.54) is 6.07 Å². The van der Waals surface area contributed by atoms with Crippen LogP contribution in [0.25, 0.3) is 0 Å². The van der Waals surface area contributed by atoms with Crippen LogP contribution in [0.2, 0.25) is 10.0 Å². The van der Waals surface area contributed by atoms with Crippen molar-refractivity contribution in [3.05, 3.63) is 61.7 Å². The van der Waals surface area contributed by atoms with E-state index in [9.17, 15) is 4.79 Å². The van der Waals surface area contributed by atoms with Gasteiger partial charge in [0.2, 0.25) is 0 Å². The van der Waals surface area contributed by atoms with Gasteiger partial charge in [0.15, 0.2) is 0 Å². The molecule has 4 nitrogen and oxygen atoms in total.